The van der Waals surface area contributed by atoms with Crippen LogP contribution in [-0.2, 0) is 21.4 Å². The van der Waals surface area contributed by atoms with Gasteiger partial charge in [-0.2, -0.15) is 0 Å². The number of hydrogen-bond acceptors (Lipinski definition) is 12. The average Bonchev–Trinajstić information content (AvgIpc) is 3.68. The fourth-order valence-electron chi connectivity index (χ4n) is 6.48. The second-order valence-corrected chi connectivity index (χ2v) is 10.6. The number of aromatic nitrogens is 2. The lowest BCUT2D eigenvalue weighted by Crippen LogP contribution is -2.50. The fraction of sp³-hybridized carbons (Fsp3) is 0.286. The summed E-state index contributed by atoms with van der Waals surface area (Å²) in [7, 11) is 1.57. The van der Waals surface area contributed by atoms with Crippen LogP contribution in [0.1, 0.15) is 73.3 Å². The molecule has 0 amide bonds. The van der Waals surface area contributed by atoms with Gasteiger partial charge in [0, 0.05) is 42.6 Å². The van der Waals surface area contributed by atoms with Crippen molar-refractivity contribution < 1.29 is 37.9 Å². The Morgan fingerprint density at radius 2 is 1.90 bits per heavy atom. The highest BCUT2D eigenvalue weighted by Crippen LogP contribution is 2.52. The first-order chi connectivity index (χ1) is 19.6. The van der Waals surface area contributed by atoms with E-state index in [4.69, 9.17) is 13.8 Å². The van der Waals surface area contributed by atoms with Gasteiger partial charge in [-0.1, -0.05) is 12.1 Å². The molecule has 0 bridgehead atoms. The van der Waals surface area contributed by atoms with Gasteiger partial charge in [-0.3, -0.25) is 29.3 Å². The molecular formula is C28H20N4O9. The molecule has 0 radical (unpaired) electrons. The van der Waals surface area contributed by atoms with Crippen LogP contribution in [0.15, 0.2) is 39.6 Å². The number of carbonyl (C=O) groups excluding carboxylic acids is 4. The van der Waals surface area contributed by atoms with Gasteiger partial charge in [-0.15, -0.1) is 0 Å². The van der Waals surface area contributed by atoms with Crippen LogP contribution >= 0.6 is 0 Å². The van der Waals surface area contributed by atoms with Gasteiger partial charge < -0.3 is 14.1 Å². The minimum absolute atomic E-state index is 0.0146. The van der Waals surface area contributed by atoms with Crippen LogP contribution in [0, 0.1) is 10.1 Å². The number of likely N-dealkylation sites (N-methyl/N-ethyl adjacent to an activating group) is 1. The maximum Gasteiger partial charge on any atom is 0.325 e. The number of furan rings is 1. The third kappa shape index (κ3) is 3.28. The van der Waals surface area contributed by atoms with Crippen molar-refractivity contribution >= 4 is 45.7 Å². The Kier molecular flexibility index (Phi) is 5.08. The topological polar surface area (TPSA) is 176 Å². The summed E-state index contributed by atoms with van der Waals surface area (Å²) in [5.74, 6) is -1.43. The lowest BCUT2D eigenvalue weighted by atomic mass is 9.60. The number of benzene rings is 2. The fourth-order valence-corrected chi connectivity index (χ4v) is 6.48. The molecule has 3 aliphatic carbocycles. The molecule has 0 aliphatic heterocycles. The van der Waals surface area contributed by atoms with Crippen molar-refractivity contribution in [2.45, 2.75) is 37.7 Å². The molecule has 13 nitrogen and oxygen atoms in total. The first-order valence-corrected chi connectivity index (χ1v) is 12.8. The number of nitro benzene ring substituents is 1. The lowest BCUT2D eigenvalue weighted by Gasteiger charge is -2.44. The third-order valence-corrected chi connectivity index (χ3v) is 8.45. The Labute approximate surface area is 230 Å². The van der Waals surface area contributed by atoms with Crippen molar-refractivity contribution in [3.05, 3.63) is 79.8 Å². The Morgan fingerprint density at radius 3 is 2.68 bits per heavy atom. The highest BCUT2D eigenvalue weighted by molar-refractivity contribution is 6.17. The summed E-state index contributed by atoms with van der Waals surface area (Å²) in [6, 6.07) is 6.08. The standard InChI is InChI=1S/C28H20N4O9/c1-28-15-5-3-12-13(4-8-18(12)33)22(15)26(36)27-23(28)14(11-39-27)19(34)9-20(28)40-21(35)10-31(2)16-6-7-17(32(37)38)25-24(16)29-41-30-25/h3,5-7,11,20H,4,8-10H2,1-2H3/t20-,28+/m1/s1. The smallest absolute Gasteiger partial charge is 0.325 e. The summed E-state index contributed by atoms with van der Waals surface area (Å²) < 4.78 is 16.3. The van der Waals surface area contributed by atoms with Crippen LogP contribution in [-0.4, -0.2) is 58.3 Å². The zero-order chi connectivity index (χ0) is 28.8. The van der Waals surface area contributed by atoms with Crippen LogP contribution < -0.4 is 4.90 Å². The molecule has 2 atom stereocenters. The molecule has 7 rings (SSSR count). The van der Waals surface area contributed by atoms with E-state index in [1.165, 1.54) is 23.3 Å². The Balaban J connectivity index is 1.25. The molecule has 2 aromatic carbocycles. The molecule has 0 spiro atoms. The number of ether oxygens (including phenoxy) is 1. The molecule has 41 heavy (non-hydrogen) atoms. The number of esters is 1. The quantitative estimate of drug-likeness (QED) is 0.199. The van der Waals surface area contributed by atoms with E-state index in [9.17, 15) is 29.3 Å². The molecule has 0 N–H and O–H groups in total. The zero-order valence-corrected chi connectivity index (χ0v) is 21.8. The molecular weight excluding hydrogens is 536 g/mol. The van der Waals surface area contributed by atoms with Crippen molar-refractivity contribution in [1.29, 1.82) is 0 Å². The molecule has 4 aromatic rings. The summed E-state index contributed by atoms with van der Waals surface area (Å²) in [5.41, 5.74) is 1.74. The molecule has 0 saturated carbocycles. The number of non-ortho nitro benzene ring substituents is 1. The van der Waals surface area contributed by atoms with E-state index in [2.05, 4.69) is 10.3 Å². The summed E-state index contributed by atoms with van der Waals surface area (Å²) in [6.07, 6.45) is 0.866. The summed E-state index contributed by atoms with van der Waals surface area (Å²) in [6.45, 7) is 1.52. The maximum atomic E-state index is 13.6. The lowest BCUT2D eigenvalue weighted by molar-refractivity contribution is -0.383. The summed E-state index contributed by atoms with van der Waals surface area (Å²) >= 11 is 0. The van der Waals surface area contributed by atoms with Crippen molar-refractivity contribution in [3.8, 4) is 0 Å². The molecule has 0 saturated heterocycles. The summed E-state index contributed by atoms with van der Waals surface area (Å²) in [4.78, 5) is 64.7. The predicted octanol–water partition coefficient (Wildman–Crippen LogP) is 3.34. The van der Waals surface area contributed by atoms with Gasteiger partial charge in [0.05, 0.1) is 21.6 Å². The SMILES string of the molecule is CN(CC(=O)O[C@@H]1CC(=O)c2coc3c2[C@@]1(C)c1ccc2c(c1C3=O)CCC2=O)c1ccc([N+](=O)[O-])c2nonc12. The van der Waals surface area contributed by atoms with Gasteiger partial charge in [-0.25, -0.2) is 4.63 Å². The van der Waals surface area contributed by atoms with Gasteiger partial charge in [0.25, 0.3) is 0 Å². The van der Waals surface area contributed by atoms with Gasteiger partial charge in [0.2, 0.25) is 11.3 Å². The maximum absolute atomic E-state index is 13.6. The third-order valence-electron chi connectivity index (χ3n) is 8.45. The number of anilines is 1. The van der Waals surface area contributed by atoms with E-state index < -0.39 is 28.2 Å². The number of rotatable bonds is 5. The van der Waals surface area contributed by atoms with Crippen LogP contribution in [0.25, 0.3) is 11.0 Å². The Hall–Kier alpha value is -5.20. The second-order valence-electron chi connectivity index (χ2n) is 10.6. The number of fused-ring (bicyclic) bond motifs is 5. The normalized spacial score (nSPS) is 20.5. The highest BCUT2D eigenvalue weighted by Gasteiger charge is 2.55. The number of nitrogens with zero attached hydrogens (tertiary/aromatic N) is 4. The number of hydrogen-bond donors (Lipinski definition) is 0. The number of carbonyl (C=O) groups is 4. The van der Waals surface area contributed by atoms with Crippen molar-refractivity contribution in [2.75, 3.05) is 18.5 Å². The number of Topliss-reactive ketones (excluding diaryl/α,β-unsaturated/α-hetero) is 2. The second kappa shape index (κ2) is 8.40. The van der Waals surface area contributed by atoms with Crippen molar-refractivity contribution in [1.82, 2.24) is 10.3 Å². The molecule has 206 valence electrons. The Bertz CT molecular complexity index is 1890. The number of ketones is 3. The van der Waals surface area contributed by atoms with Gasteiger partial charge in [0.1, 0.15) is 18.9 Å². The average molecular weight is 556 g/mol. The summed E-state index contributed by atoms with van der Waals surface area (Å²) in [5, 5.41) is 18.7. The molecule has 2 aromatic heterocycles. The number of nitro groups is 1. The minimum Gasteiger partial charge on any atom is -0.460 e. The van der Waals surface area contributed by atoms with E-state index in [-0.39, 0.29) is 52.6 Å². The van der Waals surface area contributed by atoms with Crippen LogP contribution in [0.3, 0.4) is 0 Å². The van der Waals surface area contributed by atoms with Crippen molar-refractivity contribution in [3.63, 3.8) is 0 Å². The monoisotopic (exact) mass is 556 g/mol. The zero-order valence-electron chi connectivity index (χ0n) is 21.8. The van der Waals surface area contributed by atoms with E-state index in [0.29, 0.717) is 46.3 Å². The van der Waals surface area contributed by atoms with Crippen LogP contribution in [0.2, 0.25) is 0 Å². The Morgan fingerprint density at radius 1 is 1.12 bits per heavy atom. The predicted molar refractivity (Wildman–Crippen MR) is 138 cm³/mol. The molecule has 3 aliphatic rings. The molecule has 0 unspecified atom stereocenters. The van der Waals surface area contributed by atoms with Gasteiger partial charge in [0.15, 0.2) is 22.8 Å². The highest BCUT2D eigenvalue weighted by atomic mass is 16.6. The first-order valence-electron chi connectivity index (χ1n) is 12.8. The van der Waals surface area contributed by atoms with Gasteiger partial charge >= 0.3 is 11.7 Å². The van der Waals surface area contributed by atoms with Crippen LogP contribution in [0.4, 0.5) is 11.4 Å². The first kappa shape index (κ1) is 24.8. The van der Waals surface area contributed by atoms with E-state index in [0.717, 1.165) is 0 Å². The largest absolute Gasteiger partial charge is 0.460 e. The molecule has 13 heteroatoms. The van der Waals surface area contributed by atoms with E-state index in [1.807, 2.05) is 6.92 Å². The molecule has 0 fully saturated rings. The molecule has 2 heterocycles. The minimum atomic E-state index is -1.10. The van der Waals surface area contributed by atoms with E-state index >= 15 is 0 Å². The van der Waals surface area contributed by atoms with Crippen LogP contribution in [0.5, 0.6) is 0 Å². The van der Waals surface area contributed by atoms with Crippen molar-refractivity contribution in [2.24, 2.45) is 0 Å². The van der Waals surface area contributed by atoms with Gasteiger partial charge in [-0.05, 0) is 40.9 Å². The van der Waals surface area contributed by atoms with E-state index in [1.54, 1.807) is 19.2 Å².